The summed E-state index contributed by atoms with van der Waals surface area (Å²) in [6.07, 6.45) is 8.67. The summed E-state index contributed by atoms with van der Waals surface area (Å²) in [7, 11) is 0. The van der Waals surface area contributed by atoms with Gasteiger partial charge in [-0.3, -0.25) is 9.20 Å². The average Bonchev–Trinajstić information content (AvgIpc) is 3.09. The molecule has 0 radical (unpaired) electrons. The molecule has 1 saturated carbocycles. The first kappa shape index (κ1) is 16.7. The Bertz CT molecular complexity index is 960. The third kappa shape index (κ3) is 2.88. The molecule has 3 aromatic rings. The van der Waals surface area contributed by atoms with Gasteiger partial charge in [-0.2, -0.15) is 11.3 Å². The second-order valence-corrected chi connectivity index (χ2v) is 8.44. The first-order chi connectivity index (χ1) is 13.2. The predicted molar refractivity (Wildman–Crippen MR) is 104 cm³/mol. The van der Waals surface area contributed by atoms with Crippen LogP contribution < -0.4 is 4.90 Å². The van der Waals surface area contributed by atoms with E-state index in [1.807, 2.05) is 10.6 Å². The van der Waals surface area contributed by atoms with Crippen LogP contribution in [0.4, 0.5) is 5.82 Å². The molecular formula is C19H22N6OS. The second kappa shape index (κ2) is 6.30. The zero-order chi connectivity index (χ0) is 18.4. The van der Waals surface area contributed by atoms with Crippen LogP contribution in [-0.4, -0.2) is 49.5 Å². The van der Waals surface area contributed by atoms with Gasteiger partial charge in [-0.25, -0.2) is 4.98 Å². The number of thiophene rings is 1. The minimum absolute atomic E-state index is 0.181. The predicted octanol–water partition coefficient (Wildman–Crippen LogP) is 2.59. The summed E-state index contributed by atoms with van der Waals surface area (Å²) in [5.41, 5.74) is 2.32. The molecule has 5 rings (SSSR count). The summed E-state index contributed by atoms with van der Waals surface area (Å²) in [4.78, 5) is 21.2. The second-order valence-electron chi connectivity index (χ2n) is 7.66. The highest BCUT2D eigenvalue weighted by molar-refractivity contribution is 7.07. The molecule has 2 aliphatic rings. The Labute approximate surface area is 161 Å². The molecule has 140 valence electrons. The van der Waals surface area contributed by atoms with E-state index in [4.69, 9.17) is 0 Å². The van der Waals surface area contributed by atoms with Crippen molar-refractivity contribution < 1.29 is 4.79 Å². The van der Waals surface area contributed by atoms with Gasteiger partial charge in [0.1, 0.15) is 6.33 Å². The van der Waals surface area contributed by atoms with Crippen molar-refractivity contribution in [2.24, 2.45) is 5.41 Å². The molecule has 7 nitrogen and oxygen atoms in total. The minimum atomic E-state index is 0.181. The van der Waals surface area contributed by atoms with Crippen LogP contribution in [0.1, 0.15) is 31.7 Å². The van der Waals surface area contributed by atoms with Gasteiger partial charge in [0.2, 0.25) is 11.6 Å². The molecule has 2 fully saturated rings. The van der Waals surface area contributed by atoms with Gasteiger partial charge in [-0.1, -0.05) is 0 Å². The monoisotopic (exact) mass is 382 g/mol. The van der Waals surface area contributed by atoms with E-state index in [0.29, 0.717) is 6.04 Å². The van der Waals surface area contributed by atoms with Gasteiger partial charge in [-0.15, -0.1) is 10.2 Å². The number of piperidine rings is 1. The standard InChI is InChI=1S/C19H22N6OS/c1-14(26)25(11-15-2-9-27-12-15)16-10-19(16)3-6-23(7-4-19)17-18-22-21-13-24(18)8-5-20-17/h2,5,8-9,12-13,16H,3-4,6-7,10-11H2,1H3. The molecule has 3 aromatic heterocycles. The molecule has 27 heavy (non-hydrogen) atoms. The van der Waals surface area contributed by atoms with Gasteiger partial charge in [-0.05, 0) is 47.1 Å². The molecule has 0 aromatic carbocycles. The topological polar surface area (TPSA) is 66.6 Å². The number of fused-ring (bicyclic) bond motifs is 1. The Morgan fingerprint density at radius 2 is 2.26 bits per heavy atom. The van der Waals surface area contributed by atoms with E-state index in [9.17, 15) is 4.79 Å². The van der Waals surface area contributed by atoms with Crippen molar-refractivity contribution >= 4 is 28.7 Å². The van der Waals surface area contributed by atoms with Crippen LogP contribution >= 0.6 is 11.3 Å². The maximum atomic E-state index is 12.3. The first-order valence-corrected chi connectivity index (χ1v) is 10.3. The number of carbonyl (C=O) groups excluding carboxylic acids is 1. The minimum Gasteiger partial charge on any atom is -0.353 e. The summed E-state index contributed by atoms with van der Waals surface area (Å²) < 4.78 is 1.91. The molecule has 0 N–H and O–H groups in total. The quantitative estimate of drug-likeness (QED) is 0.694. The Kier molecular flexibility index (Phi) is 3.89. The zero-order valence-corrected chi connectivity index (χ0v) is 16.1. The van der Waals surface area contributed by atoms with E-state index < -0.39 is 0 Å². The third-order valence-electron chi connectivity index (χ3n) is 6.12. The molecular weight excluding hydrogens is 360 g/mol. The zero-order valence-electron chi connectivity index (χ0n) is 15.3. The summed E-state index contributed by atoms with van der Waals surface area (Å²) in [6, 6.07) is 2.48. The lowest BCUT2D eigenvalue weighted by molar-refractivity contribution is -0.130. The van der Waals surface area contributed by atoms with Crippen LogP contribution in [0, 0.1) is 5.41 Å². The average molecular weight is 382 g/mol. The first-order valence-electron chi connectivity index (χ1n) is 9.34. The Hall–Kier alpha value is -2.48. The van der Waals surface area contributed by atoms with Gasteiger partial charge in [0.15, 0.2) is 5.82 Å². The third-order valence-corrected chi connectivity index (χ3v) is 6.85. The normalized spacial score (nSPS) is 20.9. The van der Waals surface area contributed by atoms with Crippen LogP contribution in [0.5, 0.6) is 0 Å². The van der Waals surface area contributed by atoms with E-state index in [-0.39, 0.29) is 11.3 Å². The van der Waals surface area contributed by atoms with E-state index in [2.05, 4.69) is 41.8 Å². The van der Waals surface area contributed by atoms with Gasteiger partial charge < -0.3 is 9.80 Å². The lowest BCUT2D eigenvalue weighted by Crippen LogP contribution is -2.40. The number of amides is 1. The van der Waals surface area contributed by atoms with Crippen molar-refractivity contribution in [3.05, 3.63) is 41.1 Å². The molecule has 1 amide bonds. The van der Waals surface area contributed by atoms with Crippen LogP contribution in [0.15, 0.2) is 35.5 Å². The van der Waals surface area contributed by atoms with Gasteiger partial charge in [0.25, 0.3) is 0 Å². The van der Waals surface area contributed by atoms with Gasteiger partial charge in [0.05, 0.1) is 0 Å². The van der Waals surface area contributed by atoms with Gasteiger partial charge >= 0.3 is 0 Å². The summed E-state index contributed by atoms with van der Waals surface area (Å²) in [5.74, 6) is 1.09. The Balaban J connectivity index is 1.29. The van der Waals surface area contributed by atoms with E-state index >= 15 is 0 Å². The van der Waals surface area contributed by atoms with Crippen molar-refractivity contribution in [1.29, 1.82) is 0 Å². The number of aromatic nitrogens is 4. The Morgan fingerprint density at radius 3 is 3.00 bits per heavy atom. The Morgan fingerprint density at radius 1 is 1.41 bits per heavy atom. The molecule has 1 saturated heterocycles. The largest absolute Gasteiger partial charge is 0.353 e. The molecule has 1 atom stereocenters. The van der Waals surface area contributed by atoms with Crippen LogP contribution in [0.3, 0.4) is 0 Å². The van der Waals surface area contributed by atoms with Crippen LogP contribution in [0.2, 0.25) is 0 Å². The highest BCUT2D eigenvalue weighted by Crippen LogP contribution is 2.57. The van der Waals surface area contributed by atoms with Gasteiger partial charge in [0, 0.05) is 45.0 Å². The fourth-order valence-corrected chi connectivity index (χ4v) is 5.12. The molecule has 1 aliphatic carbocycles. The number of carbonyl (C=O) groups is 1. The van der Waals surface area contributed by atoms with E-state index in [1.165, 1.54) is 5.56 Å². The summed E-state index contributed by atoms with van der Waals surface area (Å²) in [5, 5.41) is 12.4. The van der Waals surface area contributed by atoms with Crippen LogP contribution in [-0.2, 0) is 11.3 Å². The van der Waals surface area contributed by atoms with E-state index in [1.54, 1.807) is 30.8 Å². The maximum Gasteiger partial charge on any atom is 0.220 e. The molecule has 0 bridgehead atoms. The number of anilines is 1. The highest BCUT2D eigenvalue weighted by atomic mass is 32.1. The van der Waals surface area contributed by atoms with Crippen molar-refractivity contribution in [2.75, 3.05) is 18.0 Å². The lowest BCUT2D eigenvalue weighted by atomic mass is 9.92. The number of nitrogens with zero attached hydrogens (tertiary/aromatic N) is 6. The molecule has 1 spiro atoms. The lowest BCUT2D eigenvalue weighted by Gasteiger charge is -2.35. The fraction of sp³-hybridized carbons (Fsp3) is 0.474. The molecule has 4 heterocycles. The van der Waals surface area contributed by atoms with Crippen molar-refractivity contribution in [3.8, 4) is 0 Å². The fourth-order valence-electron chi connectivity index (χ4n) is 4.46. The van der Waals surface area contributed by atoms with Crippen LogP contribution in [0.25, 0.3) is 5.65 Å². The molecule has 1 aliphatic heterocycles. The molecule has 1 unspecified atom stereocenters. The molecule has 8 heteroatoms. The number of hydrogen-bond donors (Lipinski definition) is 0. The van der Waals surface area contributed by atoms with Crippen molar-refractivity contribution in [3.63, 3.8) is 0 Å². The summed E-state index contributed by atoms with van der Waals surface area (Å²) >= 11 is 1.69. The van der Waals surface area contributed by atoms with Crippen molar-refractivity contribution in [2.45, 2.75) is 38.8 Å². The smallest absolute Gasteiger partial charge is 0.220 e. The highest BCUT2D eigenvalue weighted by Gasteiger charge is 2.58. The maximum absolute atomic E-state index is 12.3. The van der Waals surface area contributed by atoms with Crippen molar-refractivity contribution in [1.82, 2.24) is 24.5 Å². The number of hydrogen-bond acceptors (Lipinski definition) is 6. The summed E-state index contributed by atoms with van der Waals surface area (Å²) in [6.45, 7) is 4.32. The SMILES string of the molecule is CC(=O)N(Cc1ccsc1)C1CC12CCN(c1nccn3cnnc13)CC2. The van der Waals surface area contributed by atoms with E-state index in [0.717, 1.165) is 50.4 Å². The number of rotatable bonds is 4.